The lowest BCUT2D eigenvalue weighted by Crippen LogP contribution is -2.24. The summed E-state index contributed by atoms with van der Waals surface area (Å²) < 4.78 is 11.6. The minimum atomic E-state index is -0.148. The Balaban J connectivity index is 2.10. The fourth-order valence-corrected chi connectivity index (χ4v) is 3.03. The zero-order valence-corrected chi connectivity index (χ0v) is 13.6. The summed E-state index contributed by atoms with van der Waals surface area (Å²) in [7, 11) is 1.66. The maximum absolute atomic E-state index is 6.03. The van der Waals surface area contributed by atoms with Gasteiger partial charge in [0.2, 0.25) is 5.16 Å². The second-order valence-electron chi connectivity index (χ2n) is 5.25. The lowest BCUT2D eigenvalue weighted by atomic mass is 9.96. The predicted molar refractivity (Wildman–Crippen MR) is 78.5 cm³/mol. The van der Waals surface area contributed by atoms with Crippen molar-refractivity contribution >= 4 is 23.3 Å². The molecule has 0 saturated heterocycles. The lowest BCUT2D eigenvalue weighted by Gasteiger charge is -2.16. The van der Waals surface area contributed by atoms with E-state index in [4.69, 9.17) is 10.6 Å². The van der Waals surface area contributed by atoms with Crippen molar-refractivity contribution in [3.05, 3.63) is 11.6 Å². The molecule has 2 heterocycles. The van der Waals surface area contributed by atoms with Gasteiger partial charge in [-0.1, -0.05) is 20.8 Å². The average Bonchev–Trinajstić information content (AvgIpc) is 2.95. The molecule has 9 heteroatoms. The van der Waals surface area contributed by atoms with Gasteiger partial charge in [-0.2, -0.15) is 4.37 Å². The van der Waals surface area contributed by atoms with E-state index >= 15 is 0 Å². The van der Waals surface area contributed by atoms with Crippen LogP contribution in [0.5, 0.6) is 0 Å². The van der Waals surface area contributed by atoms with Crippen LogP contribution in [-0.4, -0.2) is 37.9 Å². The molecule has 0 bridgehead atoms. The molecule has 0 aliphatic heterocycles. The summed E-state index contributed by atoms with van der Waals surface area (Å²) in [5, 5.41) is 8.87. The van der Waals surface area contributed by atoms with E-state index in [2.05, 4.69) is 19.6 Å². The number of methoxy groups -OCH3 is 1. The molecular formula is C11H18N6OS2. The molecule has 0 radical (unpaired) electrons. The van der Waals surface area contributed by atoms with Gasteiger partial charge < -0.3 is 10.6 Å². The van der Waals surface area contributed by atoms with Crippen LogP contribution < -0.4 is 5.84 Å². The van der Waals surface area contributed by atoms with Gasteiger partial charge in [0.1, 0.15) is 5.82 Å². The number of hydrogen-bond acceptors (Lipinski definition) is 8. The largest absolute Gasteiger partial charge is 0.384 e. The van der Waals surface area contributed by atoms with Crippen LogP contribution in [0.1, 0.15) is 32.4 Å². The van der Waals surface area contributed by atoms with Crippen LogP contribution in [0.2, 0.25) is 0 Å². The molecule has 0 fully saturated rings. The van der Waals surface area contributed by atoms with E-state index in [1.54, 1.807) is 7.11 Å². The van der Waals surface area contributed by atoms with Crippen molar-refractivity contribution in [1.82, 2.24) is 24.2 Å². The van der Waals surface area contributed by atoms with Crippen molar-refractivity contribution in [2.45, 2.75) is 42.1 Å². The molecule has 0 aromatic carbocycles. The van der Waals surface area contributed by atoms with Crippen molar-refractivity contribution < 1.29 is 4.74 Å². The normalized spacial score (nSPS) is 12.0. The minimum absolute atomic E-state index is 0.148. The van der Waals surface area contributed by atoms with Crippen LogP contribution in [0.15, 0.2) is 9.50 Å². The fourth-order valence-electron chi connectivity index (χ4n) is 1.51. The monoisotopic (exact) mass is 314 g/mol. The molecule has 0 amide bonds. The van der Waals surface area contributed by atoms with E-state index < -0.39 is 0 Å². The van der Waals surface area contributed by atoms with Crippen LogP contribution in [0.25, 0.3) is 0 Å². The summed E-state index contributed by atoms with van der Waals surface area (Å²) in [6.07, 6.45) is 0.704. The Hall–Kier alpha value is -1.19. The van der Waals surface area contributed by atoms with Crippen LogP contribution in [0.4, 0.5) is 0 Å². The second-order valence-corrected chi connectivity index (χ2v) is 7.21. The van der Waals surface area contributed by atoms with Gasteiger partial charge in [0, 0.05) is 18.9 Å². The maximum Gasteiger partial charge on any atom is 0.216 e. The Labute approximate surface area is 126 Å². The highest BCUT2D eigenvalue weighted by Crippen LogP contribution is 2.29. The molecule has 20 heavy (non-hydrogen) atoms. The molecule has 2 aromatic heterocycles. The van der Waals surface area contributed by atoms with E-state index in [9.17, 15) is 0 Å². The summed E-state index contributed by atoms with van der Waals surface area (Å²) >= 11 is 2.70. The van der Waals surface area contributed by atoms with Crippen molar-refractivity contribution in [3.63, 3.8) is 0 Å². The number of aromatic nitrogens is 5. The van der Waals surface area contributed by atoms with E-state index in [0.717, 1.165) is 16.0 Å². The van der Waals surface area contributed by atoms with Crippen LogP contribution in [-0.2, 0) is 16.6 Å². The summed E-state index contributed by atoms with van der Waals surface area (Å²) in [6.45, 7) is 6.75. The first-order valence-corrected chi connectivity index (χ1v) is 7.71. The van der Waals surface area contributed by atoms with Crippen LogP contribution >= 0.6 is 23.3 Å². The van der Waals surface area contributed by atoms with Crippen LogP contribution in [0, 0.1) is 0 Å². The molecule has 2 rings (SSSR count). The Morgan fingerprint density at radius 3 is 2.70 bits per heavy atom. The Kier molecular flexibility index (Phi) is 4.61. The van der Waals surface area contributed by atoms with Crippen LogP contribution in [0.3, 0.4) is 0 Å². The highest BCUT2D eigenvalue weighted by atomic mass is 32.2. The molecule has 0 unspecified atom stereocenters. The number of nitrogens with two attached hydrogens (primary N) is 1. The highest BCUT2D eigenvalue weighted by Gasteiger charge is 2.23. The van der Waals surface area contributed by atoms with Gasteiger partial charge in [-0.3, -0.25) is 0 Å². The first kappa shape index (κ1) is 15.2. The third-order valence-electron chi connectivity index (χ3n) is 2.49. The Morgan fingerprint density at radius 1 is 1.35 bits per heavy atom. The third kappa shape index (κ3) is 3.47. The average molecular weight is 314 g/mol. The van der Waals surface area contributed by atoms with Crippen molar-refractivity contribution in [2.24, 2.45) is 0 Å². The second kappa shape index (κ2) is 6.06. The first-order valence-electron chi connectivity index (χ1n) is 6.12. The van der Waals surface area contributed by atoms with Gasteiger partial charge in [-0.05, 0) is 23.3 Å². The molecule has 0 aliphatic rings. The SMILES string of the molecule is COCCc1nsc(Sc2nnc(C(C)(C)C)n2N)n1. The smallest absolute Gasteiger partial charge is 0.216 e. The van der Waals surface area contributed by atoms with Gasteiger partial charge in [-0.25, -0.2) is 9.66 Å². The number of nitrogen functional groups attached to an aromatic ring is 1. The van der Waals surface area contributed by atoms with Gasteiger partial charge in [0.25, 0.3) is 0 Å². The fraction of sp³-hybridized carbons (Fsp3) is 0.636. The van der Waals surface area contributed by atoms with Gasteiger partial charge in [0.15, 0.2) is 10.2 Å². The molecule has 0 aliphatic carbocycles. The van der Waals surface area contributed by atoms with Crippen molar-refractivity contribution in [3.8, 4) is 0 Å². The van der Waals surface area contributed by atoms with E-state index in [-0.39, 0.29) is 5.41 Å². The number of nitrogens with zero attached hydrogens (tertiary/aromatic N) is 5. The molecular weight excluding hydrogens is 296 g/mol. The minimum Gasteiger partial charge on any atom is -0.384 e. The summed E-state index contributed by atoms with van der Waals surface area (Å²) in [4.78, 5) is 4.41. The van der Waals surface area contributed by atoms with Crippen molar-refractivity contribution in [1.29, 1.82) is 0 Å². The van der Waals surface area contributed by atoms with E-state index in [1.165, 1.54) is 28.0 Å². The molecule has 2 aromatic rings. The topological polar surface area (TPSA) is 91.7 Å². The maximum atomic E-state index is 6.03. The summed E-state index contributed by atoms with van der Waals surface area (Å²) in [6, 6.07) is 0. The number of hydrogen-bond donors (Lipinski definition) is 1. The highest BCUT2D eigenvalue weighted by molar-refractivity contribution is 8.00. The van der Waals surface area contributed by atoms with Crippen molar-refractivity contribution in [2.75, 3.05) is 19.6 Å². The zero-order valence-electron chi connectivity index (χ0n) is 12.0. The standard InChI is InChI=1S/C11H18N6OS2/c1-11(2,3)8-14-15-9(17(8)12)19-10-13-7(16-20-10)5-6-18-4/h5-6,12H2,1-4H3. The molecule has 7 nitrogen and oxygen atoms in total. The summed E-state index contributed by atoms with van der Waals surface area (Å²) in [5.74, 6) is 7.55. The molecule has 2 N–H and O–H groups in total. The predicted octanol–water partition coefficient (Wildman–Crippen LogP) is 1.48. The molecule has 110 valence electrons. The quantitative estimate of drug-likeness (QED) is 0.836. The Bertz CT molecular complexity index is 574. The summed E-state index contributed by atoms with van der Waals surface area (Å²) in [5.41, 5.74) is -0.148. The molecule has 0 spiro atoms. The third-order valence-corrected chi connectivity index (χ3v) is 4.24. The number of ether oxygens (including phenoxy) is 1. The lowest BCUT2D eigenvalue weighted by molar-refractivity contribution is 0.200. The first-order chi connectivity index (χ1) is 9.41. The molecule has 0 atom stereocenters. The van der Waals surface area contributed by atoms with Gasteiger partial charge in [-0.15, -0.1) is 10.2 Å². The van der Waals surface area contributed by atoms with E-state index in [1.807, 2.05) is 20.8 Å². The van der Waals surface area contributed by atoms with Gasteiger partial charge >= 0.3 is 0 Å². The number of rotatable bonds is 5. The van der Waals surface area contributed by atoms with Gasteiger partial charge in [0.05, 0.1) is 6.61 Å². The van der Waals surface area contributed by atoms with E-state index in [0.29, 0.717) is 18.2 Å². The zero-order chi connectivity index (χ0) is 14.8. The molecule has 0 saturated carbocycles. The Morgan fingerprint density at radius 2 is 2.10 bits per heavy atom.